The molecule has 0 aromatic carbocycles. The van der Waals surface area contributed by atoms with E-state index in [1.807, 2.05) is 6.07 Å². The van der Waals surface area contributed by atoms with E-state index >= 15 is 0 Å². The molecule has 0 aromatic heterocycles. The summed E-state index contributed by atoms with van der Waals surface area (Å²) < 4.78 is 27.9. The highest BCUT2D eigenvalue weighted by Crippen LogP contribution is 2.32. The molecular weight excluding hydrogens is 218 g/mol. The Morgan fingerprint density at radius 3 is 2.75 bits per heavy atom. The van der Waals surface area contributed by atoms with Gasteiger partial charge in [-0.2, -0.15) is 5.26 Å². The summed E-state index contributed by atoms with van der Waals surface area (Å²) in [6.07, 6.45) is -0.584. The Bertz CT molecular complexity index is 274. The van der Waals surface area contributed by atoms with Crippen LogP contribution in [0.25, 0.3) is 0 Å². The van der Waals surface area contributed by atoms with Gasteiger partial charge in [-0.15, -0.1) is 0 Å². The van der Waals surface area contributed by atoms with Crippen molar-refractivity contribution in [1.82, 2.24) is 5.32 Å². The number of hydrogen-bond acceptors (Lipinski definition) is 3. The minimum Gasteiger partial charge on any atom is -0.375 e. The van der Waals surface area contributed by atoms with Gasteiger partial charge in [-0.3, -0.25) is 4.79 Å². The minimum atomic E-state index is -2.51. The second kappa shape index (κ2) is 6.38. The van der Waals surface area contributed by atoms with Crippen molar-refractivity contribution >= 4 is 5.91 Å². The van der Waals surface area contributed by atoms with Crippen molar-refractivity contribution in [2.75, 3.05) is 13.2 Å². The van der Waals surface area contributed by atoms with Crippen molar-refractivity contribution in [2.45, 2.75) is 31.7 Å². The van der Waals surface area contributed by atoms with Crippen LogP contribution in [0.4, 0.5) is 8.78 Å². The maximum absolute atomic E-state index is 11.7. The lowest BCUT2D eigenvalue weighted by atomic mass is 10.2. The summed E-state index contributed by atoms with van der Waals surface area (Å²) in [6.45, 7) is -0.698. The Kier molecular flexibility index (Phi) is 5.12. The highest BCUT2D eigenvalue weighted by molar-refractivity contribution is 5.76. The first-order valence-corrected chi connectivity index (χ1v) is 5.18. The van der Waals surface area contributed by atoms with Gasteiger partial charge in [0.25, 0.3) is 6.43 Å². The minimum absolute atomic E-state index is 0.0115. The summed E-state index contributed by atoms with van der Waals surface area (Å²) in [5, 5.41) is 11.3. The Morgan fingerprint density at radius 1 is 1.56 bits per heavy atom. The van der Waals surface area contributed by atoms with Gasteiger partial charge in [0.15, 0.2) is 0 Å². The summed E-state index contributed by atoms with van der Waals surface area (Å²) in [4.78, 5) is 11.3. The quantitative estimate of drug-likeness (QED) is 0.668. The lowest BCUT2D eigenvalue weighted by Crippen LogP contribution is -2.35. The summed E-state index contributed by atoms with van der Waals surface area (Å²) in [5.74, 6) is -0.0661. The number of halogens is 2. The molecule has 1 fully saturated rings. The van der Waals surface area contributed by atoms with Crippen LogP contribution in [-0.4, -0.2) is 31.6 Å². The molecule has 0 aromatic rings. The molecule has 1 N–H and O–H groups in total. The average Bonchev–Trinajstić information content (AvgIpc) is 3.04. The van der Waals surface area contributed by atoms with Crippen LogP contribution in [0.5, 0.6) is 0 Å². The van der Waals surface area contributed by atoms with E-state index < -0.39 is 19.1 Å². The van der Waals surface area contributed by atoms with Gasteiger partial charge in [0.1, 0.15) is 12.6 Å². The number of carbonyl (C=O) groups excluding carboxylic acids is 1. The molecule has 1 rings (SSSR count). The van der Waals surface area contributed by atoms with E-state index in [9.17, 15) is 13.6 Å². The second-order valence-electron chi connectivity index (χ2n) is 3.73. The van der Waals surface area contributed by atoms with Gasteiger partial charge in [-0.25, -0.2) is 8.78 Å². The number of rotatable bonds is 7. The summed E-state index contributed by atoms with van der Waals surface area (Å²) >= 11 is 0. The van der Waals surface area contributed by atoms with Crippen molar-refractivity contribution in [3.8, 4) is 6.07 Å². The van der Waals surface area contributed by atoms with Crippen LogP contribution in [0.2, 0.25) is 0 Å². The number of ether oxygens (including phenoxy) is 1. The van der Waals surface area contributed by atoms with E-state index in [1.165, 1.54) is 0 Å². The van der Waals surface area contributed by atoms with Crippen LogP contribution in [0, 0.1) is 17.2 Å². The van der Waals surface area contributed by atoms with Crippen molar-refractivity contribution < 1.29 is 18.3 Å². The molecule has 4 nitrogen and oxygen atoms in total. The Balaban J connectivity index is 2.08. The summed E-state index contributed by atoms with van der Waals surface area (Å²) in [6, 6.07) is 1.57. The Morgan fingerprint density at radius 2 is 2.25 bits per heavy atom. The number of carbonyl (C=O) groups is 1. The number of alkyl halides is 2. The molecular formula is C10H14F2N2O2. The molecule has 1 aliphatic rings. The lowest BCUT2D eigenvalue weighted by Gasteiger charge is -2.10. The van der Waals surface area contributed by atoms with E-state index in [0.717, 1.165) is 12.8 Å². The maximum Gasteiger partial charge on any atom is 0.261 e. The zero-order valence-electron chi connectivity index (χ0n) is 8.79. The van der Waals surface area contributed by atoms with Crippen LogP contribution in [0.15, 0.2) is 0 Å². The van der Waals surface area contributed by atoms with Crippen molar-refractivity contribution in [1.29, 1.82) is 5.26 Å². The number of nitrogens with one attached hydrogen (secondary N) is 1. The zero-order valence-corrected chi connectivity index (χ0v) is 8.79. The summed E-state index contributed by atoms with van der Waals surface area (Å²) in [7, 11) is 0. The molecule has 0 bridgehead atoms. The van der Waals surface area contributed by atoms with Crippen LogP contribution >= 0.6 is 0 Å². The standard InChI is InChI=1S/C10H14F2N2O2/c11-9(12)6-16-4-3-10(15)14-8(5-13)7-1-2-7/h7-9H,1-4,6H2,(H,14,15). The van der Waals surface area contributed by atoms with Crippen molar-refractivity contribution in [3.63, 3.8) is 0 Å². The fourth-order valence-corrected chi connectivity index (χ4v) is 1.27. The molecule has 90 valence electrons. The third kappa shape index (κ3) is 5.03. The lowest BCUT2D eigenvalue weighted by molar-refractivity contribution is -0.123. The molecule has 1 aliphatic carbocycles. The fraction of sp³-hybridized carbons (Fsp3) is 0.800. The predicted octanol–water partition coefficient (Wildman–Crippen LogP) is 1.08. The molecule has 0 heterocycles. The molecule has 0 spiro atoms. The highest BCUT2D eigenvalue weighted by Gasteiger charge is 2.32. The predicted molar refractivity (Wildman–Crippen MR) is 51.7 cm³/mol. The van der Waals surface area contributed by atoms with Crippen LogP contribution in [0.1, 0.15) is 19.3 Å². The molecule has 0 radical (unpaired) electrons. The molecule has 1 atom stereocenters. The van der Waals surface area contributed by atoms with Crippen molar-refractivity contribution in [2.24, 2.45) is 5.92 Å². The van der Waals surface area contributed by atoms with Gasteiger partial charge < -0.3 is 10.1 Å². The van der Waals surface area contributed by atoms with Gasteiger partial charge >= 0.3 is 0 Å². The smallest absolute Gasteiger partial charge is 0.261 e. The van der Waals surface area contributed by atoms with E-state index in [4.69, 9.17) is 5.26 Å². The Hall–Kier alpha value is -1.22. The SMILES string of the molecule is N#CC(NC(=O)CCOCC(F)F)C1CC1. The largest absolute Gasteiger partial charge is 0.375 e. The second-order valence-corrected chi connectivity index (χ2v) is 3.73. The molecule has 6 heteroatoms. The van der Waals surface area contributed by atoms with Crippen LogP contribution < -0.4 is 5.32 Å². The van der Waals surface area contributed by atoms with Gasteiger partial charge in [0.2, 0.25) is 5.91 Å². The topological polar surface area (TPSA) is 62.1 Å². The monoisotopic (exact) mass is 232 g/mol. The number of nitriles is 1. The van der Waals surface area contributed by atoms with E-state index in [1.54, 1.807) is 0 Å². The fourth-order valence-electron chi connectivity index (χ4n) is 1.27. The average molecular weight is 232 g/mol. The van der Waals surface area contributed by atoms with Crippen molar-refractivity contribution in [3.05, 3.63) is 0 Å². The van der Waals surface area contributed by atoms with Crippen LogP contribution in [-0.2, 0) is 9.53 Å². The number of nitrogens with zero attached hydrogens (tertiary/aromatic N) is 1. The van der Waals surface area contributed by atoms with E-state index in [0.29, 0.717) is 0 Å². The first-order valence-electron chi connectivity index (χ1n) is 5.18. The molecule has 1 saturated carbocycles. The van der Waals surface area contributed by atoms with Gasteiger partial charge in [0, 0.05) is 6.42 Å². The zero-order chi connectivity index (χ0) is 12.0. The van der Waals surface area contributed by atoms with Gasteiger partial charge in [0.05, 0.1) is 12.7 Å². The molecule has 0 aliphatic heterocycles. The number of hydrogen-bond donors (Lipinski definition) is 1. The van der Waals surface area contributed by atoms with Gasteiger partial charge in [-0.1, -0.05) is 0 Å². The highest BCUT2D eigenvalue weighted by atomic mass is 19.3. The van der Waals surface area contributed by atoms with E-state index in [2.05, 4.69) is 10.1 Å². The van der Waals surface area contributed by atoms with Crippen LogP contribution in [0.3, 0.4) is 0 Å². The molecule has 1 amide bonds. The number of amides is 1. The summed E-state index contributed by atoms with van der Waals surface area (Å²) in [5.41, 5.74) is 0. The third-order valence-corrected chi connectivity index (χ3v) is 2.27. The molecule has 16 heavy (non-hydrogen) atoms. The normalized spacial score (nSPS) is 16.9. The molecule has 0 saturated heterocycles. The maximum atomic E-state index is 11.7. The first kappa shape index (κ1) is 12.8. The third-order valence-electron chi connectivity index (χ3n) is 2.27. The molecule has 1 unspecified atom stereocenters. The van der Waals surface area contributed by atoms with Gasteiger partial charge in [-0.05, 0) is 18.8 Å². The first-order chi connectivity index (χ1) is 7.63. The van der Waals surface area contributed by atoms with E-state index in [-0.39, 0.29) is 24.9 Å². The Labute approximate surface area is 92.6 Å².